The Morgan fingerprint density at radius 3 is 2.59 bits per heavy atom. The maximum Gasteiger partial charge on any atom is 0.271 e. The lowest BCUT2D eigenvalue weighted by Gasteiger charge is -2.27. The Labute approximate surface area is 158 Å². The fourth-order valence-electron chi connectivity index (χ4n) is 2.94. The van der Waals surface area contributed by atoms with Gasteiger partial charge >= 0.3 is 0 Å². The minimum atomic E-state index is -0.616. The summed E-state index contributed by atoms with van der Waals surface area (Å²) in [6.07, 6.45) is 5.11. The van der Waals surface area contributed by atoms with Crippen molar-refractivity contribution in [3.63, 3.8) is 0 Å². The summed E-state index contributed by atoms with van der Waals surface area (Å²) in [5.41, 5.74) is 6.35. The zero-order valence-electron chi connectivity index (χ0n) is 15.5. The van der Waals surface area contributed by atoms with Gasteiger partial charge in [-0.1, -0.05) is 0 Å². The van der Waals surface area contributed by atoms with Gasteiger partial charge in [-0.15, -0.1) is 0 Å². The van der Waals surface area contributed by atoms with Gasteiger partial charge in [-0.25, -0.2) is 9.97 Å². The maximum atomic E-state index is 11.7. The number of amides is 1. The van der Waals surface area contributed by atoms with Crippen LogP contribution in [0.15, 0.2) is 30.5 Å². The largest absolute Gasteiger partial charge is 0.491 e. The van der Waals surface area contributed by atoms with Gasteiger partial charge in [-0.3, -0.25) is 4.79 Å². The van der Waals surface area contributed by atoms with Crippen molar-refractivity contribution in [2.45, 2.75) is 19.3 Å². The molecule has 0 radical (unpaired) electrons. The number of piperidine rings is 1. The van der Waals surface area contributed by atoms with E-state index in [4.69, 9.17) is 15.2 Å². The number of primary amides is 1. The molecule has 1 aliphatic rings. The van der Waals surface area contributed by atoms with Gasteiger partial charge in [0.25, 0.3) is 5.91 Å². The molecule has 0 bridgehead atoms. The molecule has 1 aromatic heterocycles. The van der Waals surface area contributed by atoms with Crippen LogP contribution in [-0.4, -0.2) is 49.3 Å². The maximum absolute atomic E-state index is 11.7. The SMILES string of the molecule is COCCOc1ccc(Nc2nc(N3CCCCC3)cnc2C(N)=O)cc1. The van der Waals surface area contributed by atoms with Crippen molar-refractivity contribution in [1.29, 1.82) is 0 Å². The molecule has 27 heavy (non-hydrogen) atoms. The standard InChI is InChI=1S/C19H25N5O3/c1-26-11-12-27-15-7-5-14(6-8-15)22-19-17(18(20)25)21-13-16(23-19)24-9-3-2-4-10-24/h5-8,13H,2-4,9-12H2,1H3,(H2,20,25)(H,22,23). The second-order valence-corrected chi connectivity index (χ2v) is 6.33. The van der Waals surface area contributed by atoms with E-state index < -0.39 is 5.91 Å². The molecule has 0 saturated carbocycles. The summed E-state index contributed by atoms with van der Waals surface area (Å²) in [4.78, 5) is 22.8. The number of nitrogens with one attached hydrogen (secondary N) is 1. The number of benzene rings is 1. The van der Waals surface area contributed by atoms with E-state index in [0.29, 0.717) is 19.0 Å². The predicted molar refractivity (Wildman–Crippen MR) is 104 cm³/mol. The monoisotopic (exact) mass is 371 g/mol. The fourth-order valence-corrected chi connectivity index (χ4v) is 2.94. The Kier molecular flexibility index (Phi) is 6.43. The van der Waals surface area contributed by atoms with Crippen LogP contribution in [0.5, 0.6) is 5.75 Å². The van der Waals surface area contributed by atoms with Gasteiger partial charge in [-0.05, 0) is 43.5 Å². The van der Waals surface area contributed by atoms with Crippen molar-refractivity contribution in [1.82, 2.24) is 9.97 Å². The van der Waals surface area contributed by atoms with Crippen LogP contribution in [0.4, 0.5) is 17.3 Å². The lowest BCUT2D eigenvalue weighted by molar-refractivity contribution is 0.0996. The highest BCUT2D eigenvalue weighted by Gasteiger charge is 2.18. The normalized spacial score (nSPS) is 14.0. The van der Waals surface area contributed by atoms with Gasteiger partial charge in [-0.2, -0.15) is 0 Å². The van der Waals surface area contributed by atoms with Crippen LogP contribution in [0.1, 0.15) is 29.8 Å². The molecule has 0 aliphatic carbocycles. The first kappa shape index (κ1) is 18.9. The first-order valence-electron chi connectivity index (χ1n) is 9.08. The molecule has 1 aliphatic heterocycles. The van der Waals surface area contributed by atoms with E-state index in [1.165, 1.54) is 6.42 Å². The molecular weight excluding hydrogens is 346 g/mol. The van der Waals surface area contributed by atoms with Gasteiger partial charge < -0.3 is 25.4 Å². The second-order valence-electron chi connectivity index (χ2n) is 6.33. The van der Waals surface area contributed by atoms with Crippen LogP contribution < -0.4 is 20.7 Å². The zero-order valence-corrected chi connectivity index (χ0v) is 15.5. The summed E-state index contributed by atoms with van der Waals surface area (Å²) >= 11 is 0. The van der Waals surface area contributed by atoms with Gasteiger partial charge in [0.05, 0.1) is 12.8 Å². The number of methoxy groups -OCH3 is 1. The molecule has 0 atom stereocenters. The van der Waals surface area contributed by atoms with E-state index in [-0.39, 0.29) is 5.69 Å². The summed E-state index contributed by atoms with van der Waals surface area (Å²) in [6, 6.07) is 7.37. The number of nitrogens with zero attached hydrogens (tertiary/aromatic N) is 3. The molecule has 0 unspecified atom stereocenters. The number of carbonyl (C=O) groups is 1. The Hall–Kier alpha value is -2.87. The third-order valence-corrected chi connectivity index (χ3v) is 4.35. The van der Waals surface area contributed by atoms with Crippen LogP contribution in [0.25, 0.3) is 0 Å². The molecule has 2 heterocycles. The molecule has 1 fully saturated rings. The molecular formula is C19H25N5O3. The number of nitrogens with two attached hydrogens (primary N) is 1. The van der Waals surface area contributed by atoms with Crippen molar-refractivity contribution in [3.05, 3.63) is 36.2 Å². The summed E-state index contributed by atoms with van der Waals surface area (Å²) in [5, 5.41) is 3.15. The first-order chi connectivity index (χ1) is 13.2. The van der Waals surface area contributed by atoms with Gasteiger partial charge in [0.1, 0.15) is 18.2 Å². The predicted octanol–water partition coefficient (Wildman–Crippen LogP) is 2.33. The molecule has 1 amide bonds. The number of hydrogen-bond donors (Lipinski definition) is 2. The summed E-state index contributed by atoms with van der Waals surface area (Å²) in [5.74, 6) is 1.23. The molecule has 8 nitrogen and oxygen atoms in total. The van der Waals surface area contributed by atoms with Crippen LogP contribution in [0, 0.1) is 0 Å². The van der Waals surface area contributed by atoms with E-state index in [2.05, 4.69) is 20.2 Å². The summed E-state index contributed by atoms with van der Waals surface area (Å²) < 4.78 is 10.5. The molecule has 3 rings (SSSR count). The average Bonchev–Trinajstić information content (AvgIpc) is 2.70. The average molecular weight is 371 g/mol. The highest BCUT2D eigenvalue weighted by atomic mass is 16.5. The van der Waals surface area contributed by atoms with Gasteiger partial charge in [0.2, 0.25) is 0 Å². The highest BCUT2D eigenvalue weighted by Crippen LogP contribution is 2.24. The Bertz CT molecular complexity index is 760. The minimum absolute atomic E-state index is 0.121. The molecule has 3 N–H and O–H groups in total. The number of aromatic nitrogens is 2. The van der Waals surface area contributed by atoms with Crippen molar-refractivity contribution in [2.75, 3.05) is 43.6 Å². The van der Waals surface area contributed by atoms with Gasteiger partial charge in [0, 0.05) is 25.9 Å². The van der Waals surface area contributed by atoms with Crippen molar-refractivity contribution in [2.24, 2.45) is 5.73 Å². The highest BCUT2D eigenvalue weighted by molar-refractivity contribution is 5.96. The van der Waals surface area contributed by atoms with Crippen LogP contribution >= 0.6 is 0 Å². The van der Waals surface area contributed by atoms with E-state index in [9.17, 15) is 4.79 Å². The third kappa shape index (κ3) is 5.07. The van der Waals surface area contributed by atoms with Crippen LogP contribution in [-0.2, 0) is 4.74 Å². The molecule has 1 saturated heterocycles. The number of rotatable bonds is 8. The minimum Gasteiger partial charge on any atom is -0.491 e. The number of carbonyl (C=O) groups excluding carboxylic acids is 1. The van der Waals surface area contributed by atoms with E-state index in [0.717, 1.165) is 43.2 Å². The Balaban J connectivity index is 1.76. The lowest BCUT2D eigenvalue weighted by atomic mass is 10.1. The molecule has 2 aromatic rings. The van der Waals surface area contributed by atoms with Gasteiger partial charge in [0.15, 0.2) is 11.5 Å². The first-order valence-corrected chi connectivity index (χ1v) is 9.08. The van der Waals surface area contributed by atoms with Crippen molar-refractivity contribution < 1.29 is 14.3 Å². The molecule has 144 valence electrons. The third-order valence-electron chi connectivity index (χ3n) is 4.35. The Morgan fingerprint density at radius 2 is 1.93 bits per heavy atom. The Morgan fingerprint density at radius 1 is 1.19 bits per heavy atom. The van der Waals surface area contributed by atoms with Crippen LogP contribution in [0.2, 0.25) is 0 Å². The van der Waals surface area contributed by atoms with E-state index in [1.54, 1.807) is 13.3 Å². The number of anilines is 3. The fraction of sp³-hybridized carbons (Fsp3) is 0.421. The van der Waals surface area contributed by atoms with E-state index in [1.807, 2.05) is 24.3 Å². The molecule has 0 spiro atoms. The molecule has 1 aromatic carbocycles. The number of hydrogen-bond acceptors (Lipinski definition) is 7. The van der Waals surface area contributed by atoms with Crippen molar-refractivity contribution >= 4 is 23.2 Å². The number of ether oxygens (including phenoxy) is 2. The summed E-state index contributed by atoms with van der Waals surface area (Å²) in [7, 11) is 1.63. The molecule has 8 heteroatoms. The summed E-state index contributed by atoms with van der Waals surface area (Å²) in [6.45, 7) is 2.90. The quantitative estimate of drug-likeness (QED) is 0.687. The van der Waals surface area contributed by atoms with E-state index >= 15 is 0 Å². The zero-order chi connectivity index (χ0) is 19.1. The van der Waals surface area contributed by atoms with Crippen molar-refractivity contribution in [3.8, 4) is 5.75 Å². The lowest BCUT2D eigenvalue weighted by Crippen LogP contribution is -2.30. The topological polar surface area (TPSA) is 103 Å². The van der Waals surface area contributed by atoms with Crippen LogP contribution in [0.3, 0.4) is 0 Å². The second kappa shape index (κ2) is 9.18. The smallest absolute Gasteiger partial charge is 0.271 e.